The molecule has 2 unspecified atom stereocenters. The first-order valence-electron chi connectivity index (χ1n) is 5.79. The highest BCUT2D eigenvalue weighted by atomic mass is 16.2. The van der Waals surface area contributed by atoms with Gasteiger partial charge in [-0.3, -0.25) is 10.7 Å². The van der Waals surface area contributed by atoms with Crippen molar-refractivity contribution in [3.05, 3.63) is 35.9 Å². The molecule has 2 N–H and O–H groups in total. The third kappa shape index (κ3) is 2.07. The van der Waals surface area contributed by atoms with Gasteiger partial charge in [0.25, 0.3) is 0 Å². The van der Waals surface area contributed by atoms with Gasteiger partial charge in [-0.1, -0.05) is 43.2 Å². The fourth-order valence-electron chi connectivity index (χ4n) is 2.27. The SMILES string of the molecule is C#CCN1C(=O)NC(=N)C1C(C)c1ccccc1. The number of benzene rings is 1. The monoisotopic (exact) mass is 241 g/mol. The number of hydrogen-bond acceptors (Lipinski definition) is 2. The lowest BCUT2D eigenvalue weighted by molar-refractivity contribution is 0.208. The van der Waals surface area contributed by atoms with Gasteiger partial charge in [-0.2, -0.15) is 0 Å². The molecular weight excluding hydrogens is 226 g/mol. The van der Waals surface area contributed by atoms with Gasteiger partial charge in [-0.05, 0) is 5.56 Å². The van der Waals surface area contributed by atoms with Crippen molar-refractivity contribution in [1.82, 2.24) is 10.2 Å². The second-order valence-corrected chi connectivity index (χ2v) is 4.32. The van der Waals surface area contributed by atoms with Crippen molar-refractivity contribution in [2.45, 2.75) is 18.9 Å². The molecule has 0 spiro atoms. The van der Waals surface area contributed by atoms with E-state index in [9.17, 15) is 4.79 Å². The molecule has 0 aliphatic carbocycles. The maximum Gasteiger partial charge on any atom is 0.324 e. The fourth-order valence-corrected chi connectivity index (χ4v) is 2.27. The third-order valence-corrected chi connectivity index (χ3v) is 3.19. The molecule has 92 valence electrons. The number of hydrogen-bond donors (Lipinski definition) is 2. The summed E-state index contributed by atoms with van der Waals surface area (Å²) in [6.07, 6.45) is 5.27. The van der Waals surface area contributed by atoms with E-state index in [0.29, 0.717) is 0 Å². The Bertz CT molecular complexity index is 504. The third-order valence-electron chi connectivity index (χ3n) is 3.19. The van der Waals surface area contributed by atoms with Crippen LogP contribution in [0.25, 0.3) is 0 Å². The summed E-state index contributed by atoms with van der Waals surface area (Å²) >= 11 is 0. The normalized spacial score (nSPS) is 20.4. The van der Waals surface area contributed by atoms with Crippen molar-refractivity contribution in [2.75, 3.05) is 6.54 Å². The standard InChI is InChI=1S/C14H15N3O/c1-3-9-17-12(13(15)16-14(17)18)10(2)11-7-5-4-6-8-11/h1,4-8,10,12H,9H2,2H3,(H2,15,16,18). The summed E-state index contributed by atoms with van der Waals surface area (Å²) in [7, 11) is 0. The molecule has 1 aliphatic heterocycles. The van der Waals surface area contributed by atoms with E-state index in [1.165, 1.54) is 4.90 Å². The number of urea groups is 1. The van der Waals surface area contributed by atoms with E-state index in [-0.39, 0.29) is 30.4 Å². The molecule has 1 heterocycles. The van der Waals surface area contributed by atoms with Crippen molar-refractivity contribution in [3.8, 4) is 12.3 Å². The molecule has 2 amide bonds. The molecule has 18 heavy (non-hydrogen) atoms. The number of amidine groups is 1. The summed E-state index contributed by atoms with van der Waals surface area (Å²) in [4.78, 5) is 13.2. The Morgan fingerprint density at radius 2 is 2.17 bits per heavy atom. The van der Waals surface area contributed by atoms with E-state index in [2.05, 4.69) is 11.2 Å². The number of nitrogens with zero attached hydrogens (tertiary/aromatic N) is 1. The Balaban J connectivity index is 2.28. The van der Waals surface area contributed by atoms with Gasteiger partial charge in [0, 0.05) is 5.92 Å². The van der Waals surface area contributed by atoms with E-state index in [1.807, 2.05) is 37.3 Å². The molecule has 0 bridgehead atoms. The summed E-state index contributed by atoms with van der Waals surface area (Å²) in [5.41, 5.74) is 1.09. The fraction of sp³-hybridized carbons (Fsp3) is 0.286. The first kappa shape index (κ1) is 12.2. The Labute approximate surface area is 107 Å². The summed E-state index contributed by atoms with van der Waals surface area (Å²) < 4.78 is 0. The van der Waals surface area contributed by atoms with Gasteiger partial charge in [-0.25, -0.2) is 4.79 Å². The minimum absolute atomic E-state index is 0.0333. The van der Waals surface area contributed by atoms with E-state index in [0.717, 1.165) is 5.56 Å². The number of rotatable bonds is 3. The van der Waals surface area contributed by atoms with E-state index in [1.54, 1.807) is 0 Å². The number of carbonyl (C=O) groups excluding carboxylic acids is 1. The van der Waals surface area contributed by atoms with Gasteiger partial charge in [0.15, 0.2) is 0 Å². The molecule has 1 aliphatic rings. The minimum atomic E-state index is -0.309. The molecule has 1 saturated heterocycles. The minimum Gasteiger partial charge on any atom is -0.303 e. The van der Waals surface area contributed by atoms with Crippen LogP contribution in [0.1, 0.15) is 18.4 Å². The highest BCUT2D eigenvalue weighted by Crippen LogP contribution is 2.26. The molecular formula is C14H15N3O. The summed E-state index contributed by atoms with van der Waals surface area (Å²) in [5, 5.41) is 10.4. The van der Waals surface area contributed by atoms with Crippen LogP contribution < -0.4 is 5.32 Å². The van der Waals surface area contributed by atoms with E-state index >= 15 is 0 Å². The number of nitrogens with one attached hydrogen (secondary N) is 2. The van der Waals surface area contributed by atoms with Crippen LogP contribution in [0, 0.1) is 17.8 Å². The number of carbonyl (C=O) groups is 1. The molecule has 4 nitrogen and oxygen atoms in total. The van der Waals surface area contributed by atoms with Crippen LogP contribution >= 0.6 is 0 Å². The molecule has 0 radical (unpaired) electrons. The molecule has 1 aromatic carbocycles. The molecule has 1 fully saturated rings. The Morgan fingerprint density at radius 1 is 1.50 bits per heavy atom. The molecule has 4 heteroatoms. The largest absolute Gasteiger partial charge is 0.324 e. The molecule has 0 aromatic heterocycles. The van der Waals surface area contributed by atoms with Crippen LogP contribution in [-0.4, -0.2) is 29.4 Å². The number of amides is 2. The highest BCUT2D eigenvalue weighted by Gasteiger charge is 2.39. The van der Waals surface area contributed by atoms with E-state index < -0.39 is 0 Å². The predicted octanol–water partition coefficient (Wildman–Crippen LogP) is 1.79. The van der Waals surface area contributed by atoms with E-state index in [4.69, 9.17) is 11.8 Å². The van der Waals surface area contributed by atoms with Crippen LogP contribution in [-0.2, 0) is 0 Å². The van der Waals surface area contributed by atoms with Gasteiger partial charge in [0.05, 0.1) is 12.6 Å². The predicted molar refractivity (Wildman–Crippen MR) is 70.4 cm³/mol. The van der Waals surface area contributed by atoms with Gasteiger partial charge in [0.2, 0.25) is 0 Å². The zero-order valence-electron chi connectivity index (χ0n) is 10.2. The quantitative estimate of drug-likeness (QED) is 0.779. The first-order chi connectivity index (χ1) is 8.65. The van der Waals surface area contributed by atoms with Crippen LogP contribution in [0.4, 0.5) is 4.79 Å². The molecule has 2 atom stereocenters. The van der Waals surface area contributed by atoms with Gasteiger partial charge in [0.1, 0.15) is 5.84 Å². The van der Waals surface area contributed by atoms with Crippen LogP contribution in [0.3, 0.4) is 0 Å². The van der Waals surface area contributed by atoms with Crippen molar-refractivity contribution >= 4 is 11.9 Å². The zero-order valence-corrected chi connectivity index (χ0v) is 10.2. The van der Waals surface area contributed by atoms with Crippen LogP contribution in [0.5, 0.6) is 0 Å². The summed E-state index contributed by atoms with van der Waals surface area (Å²) in [5.74, 6) is 2.71. The average molecular weight is 241 g/mol. The van der Waals surface area contributed by atoms with Gasteiger partial charge >= 0.3 is 6.03 Å². The first-order valence-corrected chi connectivity index (χ1v) is 5.79. The topological polar surface area (TPSA) is 56.2 Å². The Kier molecular flexibility index (Phi) is 3.33. The second-order valence-electron chi connectivity index (χ2n) is 4.32. The molecule has 1 aromatic rings. The summed E-state index contributed by atoms with van der Waals surface area (Å²) in [6.45, 7) is 2.22. The van der Waals surface area contributed by atoms with Gasteiger partial charge < -0.3 is 4.90 Å². The average Bonchev–Trinajstić information content (AvgIpc) is 2.65. The van der Waals surface area contributed by atoms with Crippen molar-refractivity contribution in [3.63, 3.8) is 0 Å². The lowest BCUT2D eigenvalue weighted by Gasteiger charge is -2.26. The van der Waals surface area contributed by atoms with Gasteiger partial charge in [-0.15, -0.1) is 6.42 Å². The van der Waals surface area contributed by atoms with Crippen LogP contribution in [0.2, 0.25) is 0 Å². The Morgan fingerprint density at radius 3 is 2.78 bits per heavy atom. The lowest BCUT2D eigenvalue weighted by atomic mass is 9.92. The number of terminal acetylenes is 1. The Hall–Kier alpha value is -2.28. The lowest BCUT2D eigenvalue weighted by Crippen LogP contribution is -2.38. The molecule has 0 saturated carbocycles. The van der Waals surface area contributed by atoms with Crippen molar-refractivity contribution in [1.29, 1.82) is 5.41 Å². The maximum absolute atomic E-state index is 11.7. The van der Waals surface area contributed by atoms with Crippen molar-refractivity contribution < 1.29 is 4.79 Å². The second kappa shape index (κ2) is 4.92. The highest BCUT2D eigenvalue weighted by molar-refractivity contribution is 6.06. The maximum atomic E-state index is 11.7. The van der Waals surface area contributed by atoms with Crippen LogP contribution in [0.15, 0.2) is 30.3 Å². The zero-order chi connectivity index (χ0) is 13.1. The smallest absolute Gasteiger partial charge is 0.303 e. The molecule has 2 rings (SSSR count). The summed E-state index contributed by atoms with van der Waals surface area (Å²) in [6, 6.07) is 9.24. The van der Waals surface area contributed by atoms with Crippen molar-refractivity contribution in [2.24, 2.45) is 0 Å².